The van der Waals surface area contributed by atoms with Crippen molar-refractivity contribution in [3.8, 4) is 5.75 Å². The largest absolute Gasteiger partial charge is 0.491 e. The zero-order valence-corrected chi connectivity index (χ0v) is 14.3. The molecule has 0 spiro atoms. The van der Waals surface area contributed by atoms with Gasteiger partial charge in [-0.15, -0.1) is 0 Å². The molecule has 0 unspecified atom stereocenters. The maximum absolute atomic E-state index is 11.9. The summed E-state index contributed by atoms with van der Waals surface area (Å²) in [6.45, 7) is 7.05. The number of hydrogen-bond donors (Lipinski definition) is 3. The average molecular weight is 320 g/mol. The number of aryl methyl sites for hydroxylation is 1. The van der Waals surface area contributed by atoms with Crippen LogP contribution in [0.4, 0.5) is 4.79 Å². The van der Waals surface area contributed by atoms with Crippen molar-refractivity contribution in [1.29, 1.82) is 0 Å². The van der Waals surface area contributed by atoms with Crippen LogP contribution in [0, 0.1) is 12.8 Å². The van der Waals surface area contributed by atoms with Gasteiger partial charge in [0.1, 0.15) is 5.75 Å². The fourth-order valence-corrected chi connectivity index (χ4v) is 2.88. The molecule has 0 radical (unpaired) electrons. The van der Waals surface area contributed by atoms with Crippen LogP contribution >= 0.6 is 0 Å². The molecule has 2 rings (SSSR count). The lowest BCUT2D eigenvalue weighted by molar-refractivity contribution is 0.177. The van der Waals surface area contributed by atoms with Crippen LogP contribution in [0.25, 0.3) is 0 Å². The Labute approximate surface area is 138 Å². The maximum Gasteiger partial charge on any atom is 0.315 e. The molecular weight excluding hydrogens is 292 g/mol. The molecular formula is C18H28N2O3. The molecule has 0 aromatic heterocycles. The Hall–Kier alpha value is -1.75. The molecule has 3 N–H and O–H groups in total. The van der Waals surface area contributed by atoms with E-state index < -0.39 is 0 Å². The second kappa shape index (κ2) is 8.20. The van der Waals surface area contributed by atoms with Crippen molar-refractivity contribution in [2.24, 2.45) is 5.92 Å². The number of rotatable bonds is 6. The molecule has 23 heavy (non-hydrogen) atoms. The molecule has 0 aliphatic heterocycles. The van der Waals surface area contributed by atoms with Crippen LogP contribution in [-0.4, -0.2) is 29.9 Å². The Balaban J connectivity index is 1.81. The number of carbonyl (C=O) groups excluding carboxylic acids is 1. The topological polar surface area (TPSA) is 70.6 Å². The average Bonchev–Trinajstić information content (AvgIpc) is 2.89. The monoisotopic (exact) mass is 320 g/mol. The van der Waals surface area contributed by atoms with Crippen molar-refractivity contribution in [2.45, 2.75) is 58.8 Å². The lowest BCUT2D eigenvalue weighted by Gasteiger charge is -2.16. The van der Waals surface area contributed by atoms with Gasteiger partial charge >= 0.3 is 6.03 Å². The van der Waals surface area contributed by atoms with E-state index in [1.807, 2.05) is 39.0 Å². The third-order valence-corrected chi connectivity index (χ3v) is 4.09. The molecule has 1 saturated carbocycles. The van der Waals surface area contributed by atoms with Gasteiger partial charge in [0.05, 0.1) is 12.2 Å². The van der Waals surface area contributed by atoms with Crippen LogP contribution in [-0.2, 0) is 6.54 Å². The van der Waals surface area contributed by atoms with E-state index in [1.54, 1.807) is 0 Å². The zero-order valence-electron chi connectivity index (χ0n) is 14.3. The second-order valence-electron chi connectivity index (χ2n) is 6.67. The maximum atomic E-state index is 11.9. The van der Waals surface area contributed by atoms with Crippen molar-refractivity contribution < 1.29 is 14.6 Å². The summed E-state index contributed by atoms with van der Waals surface area (Å²) in [6, 6.07) is 5.82. The molecule has 128 valence electrons. The molecule has 1 aliphatic carbocycles. The fraction of sp³-hybridized carbons (Fsp3) is 0.611. The molecule has 1 aromatic rings. The number of hydrogen-bond acceptors (Lipinski definition) is 3. The number of aliphatic hydroxyl groups is 1. The first-order valence-corrected chi connectivity index (χ1v) is 8.40. The van der Waals surface area contributed by atoms with Crippen LogP contribution in [0.2, 0.25) is 0 Å². The number of aliphatic hydroxyl groups excluding tert-OH is 1. The summed E-state index contributed by atoms with van der Waals surface area (Å²) in [5.41, 5.74) is 2.10. The lowest BCUT2D eigenvalue weighted by Crippen LogP contribution is -2.37. The normalized spacial score (nSPS) is 20.6. The van der Waals surface area contributed by atoms with Gasteiger partial charge in [-0.3, -0.25) is 0 Å². The van der Waals surface area contributed by atoms with Gasteiger partial charge < -0.3 is 20.5 Å². The van der Waals surface area contributed by atoms with Crippen molar-refractivity contribution in [2.75, 3.05) is 6.54 Å². The summed E-state index contributed by atoms with van der Waals surface area (Å²) in [7, 11) is 0. The third kappa shape index (κ3) is 5.75. The molecule has 5 heteroatoms. The minimum absolute atomic E-state index is 0.0955. The molecule has 5 nitrogen and oxygen atoms in total. The summed E-state index contributed by atoms with van der Waals surface area (Å²) in [5.74, 6) is 1.20. The van der Waals surface area contributed by atoms with Crippen LogP contribution < -0.4 is 15.4 Å². The molecule has 2 atom stereocenters. The Morgan fingerprint density at radius 3 is 2.78 bits per heavy atom. The first kappa shape index (κ1) is 17.6. The van der Waals surface area contributed by atoms with E-state index in [9.17, 15) is 9.90 Å². The van der Waals surface area contributed by atoms with Gasteiger partial charge in [-0.25, -0.2) is 4.79 Å². The Morgan fingerprint density at radius 2 is 2.13 bits per heavy atom. The van der Waals surface area contributed by atoms with Crippen molar-refractivity contribution in [3.63, 3.8) is 0 Å². The predicted molar refractivity (Wildman–Crippen MR) is 90.5 cm³/mol. The van der Waals surface area contributed by atoms with E-state index in [4.69, 9.17) is 4.74 Å². The van der Waals surface area contributed by atoms with E-state index in [1.165, 1.54) is 0 Å². The highest BCUT2D eigenvalue weighted by Gasteiger charge is 2.22. The van der Waals surface area contributed by atoms with Gasteiger partial charge in [-0.2, -0.15) is 0 Å². The first-order chi connectivity index (χ1) is 10.9. The molecule has 2 amide bonds. The Bertz CT molecular complexity index is 531. The van der Waals surface area contributed by atoms with E-state index in [0.29, 0.717) is 19.0 Å². The SMILES string of the molecule is Cc1ccc(CNC(=O)NC[C@@H]2CC[C@@H](O)C2)c(OC(C)C)c1. The summed E-state index contributed by atoms with van der Waals surface area (Å²) in [6.07, 6.45) is 2.50. The summed E-state index contributed by atoms with van der Waals surface area (Å²) in [5, 5.41) is 15.3. The van der Waals surface area contributed by atoms with Gasteiger partial charge in [0, 0.05) is 18.7 Å². The third-order valence-electron chi connectivity index (χ3n) is 4.09. The van der Waals surface area contributed by atoms with Gasteiger partial charge in [-0.05, 0) is 57.6 Å². The first-order valence-electron chi connectivity index (χ1n) is 8.40. The summed E-state index contributed by atoms with van der Waals surface area (Å²) >= 11 is 0. The smallest absolute Gasteiger partial charge is 0.315 e. The molecule has 0 heterocycles. The minimum Gasteiger partial charge on any atom is -0.491 e. The van der Waals surface area contributed by atoms with Crippen molar-refractivity contribution >= 4 is 6.03 Å². The molecule has 1 aliphatic rings. The van der Waals surface area contributed by atoms with Crippen molar-refractivity contribution in [1.82, 2.24) is 10.6 Å². The highest BCUT2D eigenvalue weighted by Crippen LogP contribution is 2.24. The molecule has 0 saturated heterocycles. The number of carbonyl (C=O) groups is 1. The highest BCUT2D eigenvalue weighted by molar-refractivity contribution is 5.73. The molecule has 1 aromatic carbocycles. The van der Waals surface area contributed by atoms with E-state index in [-0.39, 0.29) is 18.2 Å². The number of benzene rings is 1. The second-order valence-corrected chi connectivity index (χ2v) is 6.67. The number of nitrogens with one attached hydrogen (secondary N) is 2. The molecule has 0 bridgehead atoms. The predicted octanol–water partition coefficient (Wildman–Crippen LogP) is 2.74. The van der Waals surface area contributed by atoms with Gasteiger partial charge in [0.15, 0.2) is 0 Å². The summed E-state index contributed by atoms with van der Waals surface area (Å²) in [4.78, 5) is 11.9. The number of amides is 2. The van der Waals surface area contributed by atoms with Gasteiger partial charge in [0.2, 0.25) is 0 Å². The standard InChI is InChI=1S/C18H28N2O3/c1-12(2)23-17-8-13(3)4-6-15(17)11-20-18(22)19-10-14-5-7-16(21)9-14/h4,6,8,12,14,16,21H,5,7,9-11H2,1-3H3,(H2,19,20,22)/t14-,16-/m1/s1. The quantitative estimate of drug-likeness (QED) is 0.755. The Kier molecular flexibility index (Phi) is 6.28. The zero-order chi connectivity index (χ0) is 16.8. The molecule has 1 fully saturated rings. The van der Waals surface area contributed by atoms with E-state index in [2.05, 4.69) is 10.6 Å². The van der Waals surface area contributed by atoms with Gasteiger partial charge in [-0.1, -0.05) is 12.1 Å². The van der Waals surface area contributed by atoms with Crippen LogP contribution in [0.1, 0.15) is 44.2 Å². The number of urea groups is 1. The fourth-order valence-electron chi connectivity index (χ4n) is 2.88. The van der Waals surface area contributed by atoms with Crippen LogP contribution in [0.3, 0.4) is 0 Å². The van der Waals surface area contributed by atoms with Crippen LogP contribution in [0.5, 0.6) is 5.75 Å². The van der Waals surface area contributed by atoms with Gasteiger partial charge in [0.25, 0.3) is 0 Å². The minimum atomic E-state index is -0.201. The highest BCUT2D eigenvalue weighted by atomic mass is 16.5. The van der Waals surface area contributed by atoms with E-state index in [0.717, 1.165) is 36.1 Å². The number of ether oxygens (including phenoxy) is 1. The Morgan fingerprint density at radius 1 is 1.35 bits per heavy atom. The van der Waals surface area contributed by atoms with Crippen LogP contribution in [0.15, 0.2) is 18.2 Å². The lowest BCUT2D eigenvalue weighted by atomic mass is 10.1. The van der Waals surface area contributed by atoms with E-state index >= 15 is 0 Å². The van der Waals surface area contributed by atoms with Crippen molar-refractivity contribution in [3.05, 3.63) is 29.3 Å². The summed E-state index contributed by atoms with van der Waals surface area (Å²) < 4.78 is 5.81.